The van der Waals surface area contributed by atoms with Crippen molar-refractivity contribution in [1.82, 2.24) is 5.32 Å². The Morgan fingerprint density at radius 3 is 2.50 bits per heavy atom. The van der Waals surface area contributed by atoms with Crippen LogP contribution in [0.3, 0.4) is 0 Å². The normalized spacial score (nSPS) is 24.7. The standard InChI is InChI=1S/C13H21NO4/c1-5-6-8-7-9(15)14-11(16)10(8)12(17)18-13(2,3)4/h8,10H,5-7H2,1-4H3,(H,14,15,16)/t8-,10+/m1/s1. The number of hydrogen-bond donors (Lipinski definition) is 1. The van der Waals surface area contributed by atoms with E-state index in [2.05, 4.69) is 5.32 Å². The summed E-state index contributed by atoms with van der Waals surface area (Å²) in [5.74, 6) is -2.48. The second kappa shape index (κ2) is 5.50. The first-order valence-corrected chi connectivity index (χ1v) is 6.31. The molecule has 102 valence electrons. The summed E-state index contributed by atoms with van der Waals surface area (Å²) in [6.07, 6.45) is 1.71. The second-order valence-corrected chi connectivity index (χ2v) is 5.68. The Morgan fingerprint density at radius 1 is 1.39 bits per heavy atom. The summed E-state index contributed by atoms with van der Waals surface area (Å²) in [5.41, 5.74) is -0.629. The minimum Gasteiger partial charge on any atom is -0.459 e. The van der Waals surface area contributed by atoms with Crippen molar-refractivity contribution in [3.8, 4) is 0 Å². The Balaban J connectivity index is 2.84. The van der Waals surface area contributed by atoms with E-state index in [1.165, 1.54) is 0 Å². The van der Waals surface area contributed by atoms with Crippen LogP contribution < -0.4 is 5.32 Å². The molecule has 1 aliphatic rings. The third kappa shape index (κ3) is 3.82. The summed E-state index contributed by atoms with van der Waals surface area (Å²) in [5, 5.41) is 2.21. The van der Waals surface area contributed by atoms with Crippen molar-refractivity contribution in [1.29, 1.82) is 0 Å². The number of hydrogen-bond acceptors (Lipinski definition) is 4. The van der Waals surface area contributed by atoms with Gasteiger partial charge in [0.2, 0.25) is 11.8 Å². The number of amides is 2. The molecule has 1 heterocycles. The quantitative estimate of drug-likeness (QED) is 0.470. The van der Waals surface area contributed by atoms with Crippen LogP contribution in [0, 0.1) is 11.8 Å². The molecule has 0 bridgehead atoms. The van der Waals surface area contributed by atoms with Crippen LogP contribution in [-0.4, -0.2) is 23.4 Å². The minimum atomic E-state index is -0.859. The molecule has 0 spiro atoms. The summed E-state index contributed by atoms with van der Waals surface area (Å²) in [6.45, 7) is 7.23. The van der Waals surface area contributed by atoms with Crippen LogP contribution in [0.25, 0.3) is 0 Å². The van der Waals surface area contributed by atoms with Gasteiger partial charge >= 0.3 is 5.97 Å². The van der Waals surface area contributed by atoms with E-state index in [0.29, 0.717) is 6.42 Å². The summed E-state index contributed by atoms with van der Waals surface area (Å²) in [6, 6.07) is 0. The molecule has 0 aromatic carbocycles. The third-order valence-electron chi connectivity index (χ3n) is 2.78. The van der Waals surface area contributed by atoms with Crippen LogP contribution >= 0.6 is 0 Å². The average Bonchev–Trinajstić information content (AvgIpc) is 2.13. The highest BCUT2D eigenvalue weighted by Gasteiger charge is 2.42. The minimum absolute atomic E-state index is 0.212. The fourth-order valence-electron chi connectivity index (χ4n) is 2.14. The Morgan fingerprint density at radius 2 is 2.00 bits per heavy atom. The fourth-order valence-corrected chi connectivity index (χ4v) is 2.14. The van der Waals surface area contributed by atoms with E-state index in [0.717, 1.165) is 6.42 Å². The van der Waals surface area contributed by atoms with Crippen LogP contribution in [0.1, 0.15) is 47.0 Å². The molecule has 18 heavy (non-hydrogen) atoms. The van der Waals surface area contributed by atoms with Gasteiger partial charge in [-0.05, 0) is 33.1 Å². The van der Waals surface area contributed by atoms with Gasteiger partial charge in [0.15, 0.2) is 0 Å². The van der Waals surface area contributed by atoms with Crippen LogP contribution in [0.4, 0.5) is 0 Å². The highest BCUT2D eigenvalue weighted by atomic mass is 16.6. The fraction of sp³-hybridized carbons (Fsp3) is 0.769. The maximum atomic E-state index is 12.0. The van der Waals surface area contributed by atoms with E-state index in [-0.39, 0.29) is 18.2 Å². The molecular formula is C13H21NO4. The molecule has 5 nitrogen and oxygen atoms in total. The highest BCUT2D eigenvalue weighted by Crippen LogP contribution is 2.28. The maximum Gasteiger partial charge on any atom is 0.319 e. The molecule has 0 saturated carbocycles. The van der Waals surface area contributed by atoms with Crippen LogP contribution in [-0.2, 0) is 19.1 Å². The van der Waals surface area contributed by atoms with E-state index in [1.807, 2.05) is 6.92 Å². The molecule has 1 rings (SSSR count). The van der Waals surface area contributed by atoms with Gasteiger partial charge in [-0.25, -0.2) is 0 Å². The molecule has 0 radical (unpaired) electrons. The van der Waals surface area contributed by atoms with Gasteiger partial charge in [-0.1, -0.05) is 13.3 Å². The van der Waals surface area contributed by atoms with Gasteiger partial charge in [-0.15, -0.1) is 0 Å². The first kappa shape index (κ1) is 14.7. The van der Waals surface area contributed by atoms with Crippen molar-refractivity contribution in [2.75, 3.05) is 0 Å². The maximum absolute atomic E-state index is 12.0. The summed E-state index contributed by atoms with van der Waals surface area (Å²) in [4.78, 5) is 35.1. The van der Waals surface area contributed by atoms with Crippen molar-refractivity contribution >= 4 is 17.8 Å². The van der Waals surface area contributed by atoms with Crippen LogP contribution in [0.15, 0.2) is 0 Å². The second-order valence-electron chi connectivity index (χ2n) is 5.68. The van der Waals surface area contributed by atoms with Crippen molar-refractivity contribution in [3.63, 3.8) is 0 Å². The van der Waals surface area contributed by atoms with Gasteiger partial charge in [0.25, 0.3) is 0 Å². The molecule has 1 N–H and O–H groups in total. The lowest BCUT2D eigenvalue weighted by Gasteiger charge is -2.30. The molecule has 1 fully saturated rings. The molecule has 1 saturated heterocycles. The molecule has 0 unspecified atom stereocenters. The van der Waals surface area contributed by atoms with Gasteiger partial charge in [-0.3, -0.25) is 19.7 Å². The summed E-state index contributed by atoms with van der Waals surface area (Å²) >= 11 is 0. The summed E-state index contributed by atoms with van der Waals surface area (Å²) < 4.78 is 5.25. The van der Waals surface area contributed by atoms with E-state index < -0.39 is 23.4 Å². The van der Waals surface area contributed by atoms with Crippen molar-refractivity contribution in [3.05, 3.63) is 0 Å². The zero-order chi connectivity index (χ0) is 13.9. The zero-order valence-corrected chi connectivity index (χ0v) is 11.4. The van der Waals surface area contributed by atoms with Crippen molar-refractivity contribution in [2.45, 2.75) is 52.6 Å². The molecule has 0 aromatic heterocycles. The van der Waals surface area contributed by atoms with E-state index >= 15 is 0 Å². The summed E-state index contributed by atoms with van der Waals surface area (Å²) in [7, 11) is 0. The zero-order valence-electron chi connectivity index (χ0n) is 11.4. The van der Waals surface area contributed by atoms with E-state index in [9.17, 15) is 14.4 Å². The molecule has 1 aliphatic heterocycles. The van der Waals surface area contributed by atoms with Gasteiger partial charge in [0.1, 0.15) is 11.5 Å². The molecule has 2 amide bonds. The highest BCUT2D eigenvalue weighted by molar-refractivity contribution is 6.07. The van der Waals surface area contributed by atoms with E-state index in [1.54, 1.807) is 20.8 Å². The van der Waals surface area contributed by atoms with Gasteiger partial charge in [-0.2, -0.15) is 0 Å². The van der Waals surface area contributed by atoms with Crippen molar-refractivity contribution < 1.29 is 19.1 Å². The van der Waals surface area contributed by atoms with Gasteiger partial charge in [0, 0.05) is 6.42 Å². The molecule has 0 aliphatic carbocycles. The number of ether oxygens (including phenoxy) is 1. The Kier molecular flexibility index (Phi) is 4.48. The number of imide groups is 1. The average molecular weight is 255 g/mol. The molecule has 2 atom stereocenters. The smallest absolute Gasteiger partial charge is 0.319 e. The SMILES string of the molecule is CCC[C@@H]1CC(=O)NC(=O)[C@H]1C(=O)OC(C)(C)C. The number of piperidine rings is 1. The molecule has 0 aromatic rings. The predicted molar refractivity (Wildman–Crippen MR) is 65.5 cm³/mol. The first-order valence-electron chi connectivity index (χ1n) is 6.31. The van der Waals surface area contributed by atoms with E-state index in [4.69, 9.17) is 4.74 Å². The Bertz CT molecular complexity index is 356. The number of carbonyl (C=O) groups excluding carboxylic acids is 3. The predicted octanol–water partition coefficient (Wildman–Crippen LogP) is 1.41. The third-order valence-corrected chi connectivity index (χ3v) is 2.78. The molecular weight excluding hydrogens is 234 g/mol. The first-order chi connectivity index (χ1) is 8.24. The lowest BCUT2D eigenvalue weighted by Crippen LogP contribution is -2.50. The topological polar surface area (TPSA) is 72.5 Å². The van der Waals surface area contributed by atoms with Crippen molar-refractivity contribution in [2.24, 2.45) is 11.8 Å². The number of esters is 1. The van der Waals surface area contributed by atoms with Crippen LogP contribution in [0.5, 0.6) is 0 Å². The largest absolute Gasteiger partial charge is 0.459 e. The number of carbonyl (C=O) groups is 3. The van der Waals surface area contributed by atoms with Gasteiger partial charge < -0.3 is 4.74 Å². The Hall–Kier alpha value is -1.39. The monoisotopic (exact) mass is 255 g/mol. The molecule has 5 heteroatoms. The number of rotatable bonds is 3. The lowest BCUT2D eigenvalue weighted by atomic mass is 9.82. The van der Waals surface area contributed by atoms with Gasteiger partial charge in [0.05, 0.1) is 0 Å². The Labute approximate surface area is 107 Å². The lowest BCUT2D eigenvalue weighted by molar-refractivity contribution is -0.166. The van der Waals surface area contributed by atoms with Crippen LogP contribution in [0.2, 0.25) is 0 Å². The number of nitrogens with one attached hydrogen (secondary N) is 1.